The summed E-state index contributed by atoms with van der Waals surface area (Å²) in [5.41, 5.74) is 5.25. The number of carbonyl (C=O) groups is 1. The molecule has 88 valence electrons. The van der Waals surface area contributed by atoms with Crippen molar-refractivity contribution in [1.29, 1.82) is 0 Å². The Morgan fingerprint density at radius 1 is 1.53 bits per heavy atom. The second kappa shape index (κ2) is 5.07. The first-order valence-corrected chi connectivity index (χ1v) is 6.76. The van der Waals surface area contributed by atoms with Crippen molar-refractivity contribution in [3.8, 4) is 0 Å². The molecule has 1 aliphatic carbocycles. The zero-order valence-corrected chi connectivity index (χ0v) is 10.2. The van der Waals surface area contributed by atoms with E-state index in [9.17, 15) is 9.00 Å². The van der Waals surface area contributed by atoms with Gasteiger partial charge >= 0.3 is 0 Å². The van der Waals surface area contributed by atoms with Crippen molar-refractivity contribution in [2.75, 3.05) is 18.1 Å². The molecule has 4 nitrogen and oxygen atoms in total. The Labute approximate surface area is 93.4 Å². The van der Waals surface area contributed by atoms with Crippen LogP contribution >= 0.6 is 0 Å². The molecule has 1 atom stereocenters. The summed E-state index contributed by atoms with van der Waals surface area (Å²) < 4.78 is 11.5. The van der Waals surface area contributed by atoms with Crippen LogP contribution in [0.25, 0.3) is 0 Å². The number of rotatable bonds is 6. The first kappa shape index (κ1) is 12.6. The van der Waals surface area contributed by atoms with Gasteiger partial charge < -0.3 is 11.1 Å². The standard InChI is InChI=1S/C10H20N2O2S/c1-10(2,11)7-15(14)6-9(13)12-5-8-3-4-8/h8H,3-7,11H2,1-2H3,(H,12,13). The van der Waals surface area contributed by atoms with Crippen LogP contribution in [0.15, 0.2) is 0 Å². The van der Waals surface area contributed by atoms with E-state index >= 15 is 0 Å². The molecule has 1 rings (SSSR count). The second-order valence-corrected chi connectivity index (χ2v) is 6.42. The minimum absolute atomic E-state index is 0.0767. The zero-order chi connectivity index (χ0) is 11.5. The fourth-order valence-corrected chi connectivity index (χ4v) is 2.57. The van der Waals surface area contributed by atoms with Crippen molar-refractivity contribution in [3.63, 3.8) is 0 Å². The smallest absolute Gasteiger partial charge is 0.232 e. The topological polar surface area (TPSA) is 72.2 Å². The van der Waals surface area contributed by atoms with E-state index in [-0.39, 0.29) is 11.7 Å². The van der Waals surface area contributed by atoms with Gasteiger partial charge in [0.15, 0.2) is 0 Å². The Morgan fingerprint density at radius 3 is 2.60 bits per heavy atom. The van der Waals surface area contributed by atoms with Crippen LogP contribution in [0.4, 0.5) is 0 Å². The van der Waals surface area contributed by atoms with Gasteiger partial charge in [-0.1, -0.05) is 0 Å². The lowest BCUT2D eigenvalue weighted by Crippen LogP contribution is -2.40. The Hall–Kier alpha value is -0.420. The van der Waals surface area contributed by atoms with Crippen LogP contribution in [0.3, 0.4) is 0 Å². The van der Waals surface area contributed by atoms with Gasteiger partial charge in [0, 0.05) is 28.6 Å². The van der Waals surface area contributed by atoms with E-state index in [0.29, 0.717) is 11.7 Å². The van der Waals surface area contributed by atoms with E-state index in [1.807, 2.05) is 13.8 Å². The van der Waals surface area contributed by atoms with Crippen molar-refractivity contribution in [2.24, 2.45) is 11.7 Å². The van der Waals surface area contributed by atoms with E-state index in [1.165, 1.54) is 12.8 Å². The van der Waals surface area contributed by atoms with Gasteiger partial charge in [-0.15, -0.1) is 0 Å². The number of amides is 1. The number of hydrogen-bond acceptors (Lipinski definition) is 3. The SMILES string of the molecule is CC(C)(N)CS(=O)CC(=O)NCC1CC1. The van der Waals surface area contributed by atoms with Crippen molar-refractivity contribution in [3.05, 3.63) is 0 Å². The molecule has 1 amide bonds. The summed E-state index contributed by atoms with van der Waals surface area (Å²) in [6.07, 6.45) is 2.42. The predicted octanol–water partition coefficient (Wildman–Crippen LogP) is -0.00140. The largest absolute Gasteiger partial charge is 0.355 e. The molecule has 0 spiro atoms. The van der Waals surface area contributed by atoms with Crippen LogP contribution in [-0.4, -0.2) is 33.7 Å². The van der Waals surface area contributed by atoms with Crippen LogP contribution < -0.4 is 11.1 Å². The Bertz CT molecular complexity index is 257. The van der Waals surface area contributed by atoms with Crippen LogP contribution in [0, 0.1) is 5.92 Å². The number of nitrogens with two attached hydrogens (primary N) is 1. The molecule has 0 saturated heterocycles. The number of hydrogen-bond donors (Lipinski definition) is 2. The van der Waals surface area contributed by atoms with E-state index in [1.54, 1.807) is 0 Å². The van der Waals surface area contributed by atoms with Crippen LogP contribution in [0.2, 0.25) is 0 Å². The first-order valence-electron chi connectivity index (χ1n) is 5.27. The number of nitrogens with one attached hydrogen (secondary N) is 1. The minimum Gasteiger partial charge on any atom is -0.355 e. The maximum Gasteiger partial charge on any atom is 0.232 e. The molecule has 0 heterocycles. The highest BCUT2D eigenvalue weighted by atomic mass is 32.2. The molecule has 0 aromatic rings. The molecule has 0 aromatic carbocycles. The summed E-state index contributed by atoms with van der Waals surface area (Å²) in [5, 5.41) is 2.79. The highest BCUT2D eigenvalue weighted by molar-refractivity contribution is 7.85. The maximum atomic E-state index is 11.5. The van der Waals surface area contributed by atoms with Crippen LogP contribution in [-0.2, 0) is 15.6 Å². The molecule has 1 fully saturated rings. The van der Waals surface area contributed by atoms with Gasteiger partial charge in [-0.2, -0.15) is 0 Å². The van der Waals surface area contributed by atoms with E-state index in [4.69, 9.17) is 5.73 Å². The Morgan fingerprint density at radius 2 is 2.13 bits per heavy atom. The summed E-state index contributed by atoms with van der Waals surface area (Å²) in [4.78, 5) is 11.3. The molecule has 0 aliphatic heterocycles. The first-order chi connectivity index (χ1) is 6.87. The zero-order valence-electron chi connectivity index (χ0n) is 9.41. The molecule has 15 heavy (non-hydrogen) atoms. The summed E-state index contributed by atoms with van der Waals surface area (Å²) in [6.45, 7) is 4.36. The van der Waals surface area contributed by atoms with Gasteiger partial charge in [-0.3, -0.25) is 9.00 Å². The Balaban J connectivity index is 2.15. The van der Waals surface area contributed by atoms with Gasteiger partial charge in [-0.05, 0) is 32.6 Å². The molecule has 5 heteroatoms. The highest BCUT2D eigenvalue weighted by Crippen LogP contribution is 2.27. The molecule has 0 radical (unpaired) electrons. The molecular weight excluding hydrogens is 212 g/mol. The van der Waals surface area contributed by atoms with Crippen LogP contribution in [0.1, 0.15) is 26.7 Å². The summed E-state index contributed by atoms with van der Waals surface area (Å²) >= 11 is 0. The quantitative estimate of drug-likeness (QED) is 0.677. The third kappa shape index (κ3) is 6.62. The lowest BCUT2D eigenvalue weighted by atomic mass is 10.1. The third-order valence-corrected chi connectivity index (χ3v) is 3.76. The Kier molecular flexibility index (Phi) is 4.28. The normalized spacial score (nSPS) is 18.6. The molecule has 1 aliphatic rings. The fourth-order valence-electron chi connectivity index (χ4n) is 1.24. The van der Waals surface area contributed by atoms with Crippen molar-refractivity contribution in [1.82, 2.24) is 5.32 Å². The summed E-state index contributed by atoms with van der Waals surface area (Å²) in [7, 11) is -1.15. The molecule has 0 bridgehead atoms. The maximum absolute atomic E-state index is 11.5. The van der Waals surface area contributed by atoms with Gasteiger partial charge in [0.05, 0.1) is 0 Å². The van der Waals surface area contributed by atoms with Crippen molar-refractivity contribution < 1.29 is 9.00 Å². The lowest BCUT2D eigenvalue weighted by molar-refractivity contribution is -0.118. The van der Waals surface area contributed by atoms with Gasteiger partial charge in [-0.25, -0.2) is 0 Å². The van der Waals surface area contributed by atoms with Gasteiger partial charge in [0.1, 0.15) is 5.75 Å². The molecule has 3 N–H and O–H groups in total. The van der Waals surface area contributed by atoms with Crippen LogP contribution in [0.5, 0.6) is 0 Å². The fraction of sp³-hybridized carbons (Fsp3) is 0.900. The lowest BCUT2D eigenvalue weighted by Gasteiger charge is -2.17. The summed E-state index contributed by atoms with van der Waals surface area (Å²) in [5.74, 6) is 0.981. The van der Waals surface area contributed by atoms with Crippen molar-refractivity contribution in [2.45, 2.75) is 32.2 Å². The van der Waals surface area contributed by atoms with E-state index < -0.39 is 16.3 Å². The minimum atomic E-state index is -1.15. The summed E-state index contributed by atoms with van der Waals surface area (Å²) in [6, 6.07) is 0. The second-order valence-electron chi connectivity index (χ2n) is 4.96. The van der Waals surface area contributed by atoms with Crippen molar-refractivity contribution >= 4 is 16.7 Å². The predicted molar refractivity (Wildman–Crippen MR) is 61.9 cm³/mol. The molecule has 0 aromatic heterocycles. The van der Waals surface area contributed by atoms with E-state index in [0.717, 1.165) is 6.54 Å². The third-order valence-electron chi connectivity index (χ3n) is 2.11. The molecule has 1 unspecified atom stereocenters. The van der Waals surface area contributed by atoms with Gasteiger partial charge in [0.2, 0.25) is 5.91 Å². The van der Waals surface area contributed by atoms with E-state index in [2.05, 4.69) is 5.32 Å². The van der Waals surface area contributed by atoms with Gasteiger partial charge in [0.25, 0.3) is 0 Å². The monoisotopic (exact) mass is 232 g/mol. The number of carbonyl (C=O) groups excluding carboxylic acids is 1. The highest BCUT2D eigenvalue weighted by Gasteiger charge is 2.22. The molecule has 1 saturated carbocycles. The average Bonchev–Trinajstić information content (AvgIpc) is 2.79. The average molecular weight is 232 g/mol. The molecular formula is C10H20N2O2S.